The number of aliphatic hydroxyl groups excluding tert-OH is 1. The molecule has 2 aliphatic heterocycles. The number of benzene rings is 1. The smallest absolute Gasteiger partial charge is 0.232 e. The number of carbonyl (C=O) groups is 1. The second kappa shape index (κ2) is 7.92. The molecule has 0 aromatic heterocycles. The van der Waals surface area contributed by atoms with Gasteiger partial charge in [-0.15, -0.1) is 0 Å². The van der Waals surface area contributed by atoms with Crippen LogP contribution in [0.4, 0.5) is 5.69 Å². The monoisotopic (exact) mass is 372 g/mol. The number of amides is 1. The molecule has 1 saturated heterocycles. The number of aryl methyl sites for hydroxylation is 1. The quantitative estimate of drug-likeness (QED) is 0.866. The number of carbonyl (C=O) groups excluding carboxylic acids is 1. The first kappa shape index (κ1) is 20.3. The van der Waals surface area contributed by atoms with Gasteiger partial charge in [0.25, 0.3) is 0 Å². The van der Waals surface area contributed by atoms with Crippen molar-refractivity contribution in [2.24, 2.45) is 11.3 Å². The number of hydrogen-bond donors (Lipinski definition) is 1. The third-order valence-corrected chi connectivity index (χ3v) is 6.41. The third kappa shape index (κ3) is 4.38. The number of β-amino-alcohol motifs (C(OH)–C–C–N with tert-alkyl or cyclic N) is 1. The molecule has 0 bridgehead atoms. The summed E-state index contributed by atoms with van der Waals surface area (Å²) in [5.41, 5.74) is 2.81. The Hall–Kier alpha value is -1.39. The van der Waals surface area contributed by atoms with Crippen LogP contribution in [0.2, 0.25) is 0 Å². The third-order valence-electron chi connectivity index (χ3n) is 6.41. The summed E-state index contributed by atoms with van der Waals surface area (Å²) in [6.07, 6.45) is 3.98. The van der Waals surface area contributed by atoms with Crippen molar-refractivity contribution in [2.75, 3.05) is 24.5 Å². The van der Waals surface area contributed by atoms with Crippen LogP contribution in [0.5, 0.6) is 0 Å². The first-order chi connectivity index (χ1) is 12.7. The highest BCUT2D eigenvalue weighted by Gasteiger charge is 2.32. The van der Waals surface area contributed by atoms with Gasteiger partial charge < -0.3 is 10.0 Å². The minimum absolute atomic E-state index is 0.174. The Bertz CT molecular complexity index is 679. The minimum Gasteiger partial charge on any atom is -0.387 e. The number of piperidine rings is 1. The Kier molecular flexibility index (Phi) is 5.97. The fourth-order valence-corrected chi connectivity index (χ4v) is 4.45. The standard InChI is InChI=1S/C23H36N2O2/c1-16-8-6-12-24(17(16)2)15-21(26)19-10-11-20-18(14-19)9-7-13-25(20)22(27)23(3,4)5/h10-11,14,16-17,21,26H,6-9,12-13,15H2,1-5H3/t16-,17-,21-/m1/s1. The molecule has 3 atom stereocenters. The lowest BCUT2D eigenvalue weighted by molar-refractivity contribution is -0.125. The highest BCUT2D eigenvalue weighted by atomic mass is 16.3. The number of nitrogens with zero attached hydrogens (tertiary/aromatic N) is 2. The van der Waals surface area contributed by atoms with Crippen molar-refractivity contribution >= 4 is 11.6 Å². The van der Waals surface area contributed by atoms with Crippen LogP contribution in [0.1, 0.15) is 71.1 Å². The van der Waals surface area contributed by atoms with Crippen LogP contribution >= 0.6 is 0 Å². The highest BCUT2D eigenvalue weighted by molar-refractivity contribution is 5.98. The second-order valence-electron chi connectivity index (χ2n) is 9.57. The largest absolute Gasteiger partial charge is 0.387 e. The van der Waals surface area contributed by atoms with Crippen LogP contribution in [-0.2, 0) is 11.2 Å². The van der Waals surface area contributed by atoms with Gasteiger partial charge in [-0.3, -0.25) is 9.69 Å². The van der Waals surface area contributed by atoms with E-state index in [1.165, 1.54) is 18.4 Å². The molecule has 4 nitrogen and oxygen atoms in total. The Morgan fingerprint density at radius 1 is 1.22 bits per heavy atom. The summed E-state index contributed by atoms with van der Waals surface area (Å²) in [6.45, 7) is 13.1. The number of rotatable bonds is 3. The molecular formula is C23H36N2O2. The molecule has 150 valence electrons. The van der Waals surface area contributed by atoms with Crippen LogP contribution in [0.3, 0.4) is 0 Å². The van der Waals surface area contributed by atoms with Crippen LogP contribution in [0.15, 0.2) is 18.2 Å². The van der Waals surface area contributed by atoms with Gasteiger partial charge in [-0.1, -0.05) is 39.8 Å². The lowest BCUT2D eigenvalue weighted by Gasteiger charge is -2.39. The van der Waals surface area contributed by atoms with Gasteiger partial charge >= 0.3 is 0 Å². The lowest BCUT2D eigenvalue weighted by atomic mass is 9.90. The number of anilines is 1. The van der Waals surface area contributed by atoms with Gasteiger partial charge in [-0.05, 0) is 62.3 Å². The molecule has 1 aromatic rings. The molecule has 0 radical (unpaired) electrons. The van der Waals surface area contributed by atoms with E-state index in [2.05, 4.69) is 24.8 Å². The molecule has 2 aliphatic rings. The van der Waals surface area contributed by atoms with Gasteiger partial charge in [0.2, 0.25) is 5.91 Å². The van der Waals surface area contributed by atoms with E-state index in [1.54, 1.807) is 0 Å². The number of fused-ring (bicyclic) bond motifs is 1. The minimum atomic E-state index is -0.475. The summed E-state index contributed by atoms with van der Waals surface area (Å²) in [7, 11) is 0. The molecule has 2 heterocycles. The average molecular weight is 373 g/mol. The molecule has 1 amide bonds. The Balaban J connectivity index is 1.76. The summed E-state index contributed by atoms with van der Waals surface area (Å²) >= 11 is 0. The predicted octanol–water partition coefficient (Wildman–Crippen LogP) is 4.17. The number of hydrogen-bond acceptors (Lipinski definition) is 3. The van der Waals surface area contributed by atoms with Crippen LogP contribution in [0.25, 0.3) is 0 Å². The molecule has 0 spiro atoms. The zero-order valence-corrected chi connectivity index (χ0v) is 17.7. The fourth-order valence-electron chi connectivity index (χ4n) is 4.45. The van der Waals surface area contributed by atoms with Crippen molar-refractivity contribution in [1.82, 2.24) is 4.90 Å². The van der Waals surface area contributed by atoms with Crippen LogP contribution < -0.4 is 4.90 Å². The van der Waals surface area contributed by atoms with E-state index in [9.17, 15) is 9.90 Å². The maximum atomic E-state index is 12.8. The summed E-state index contributed by atoms with van der Waals surface area (Å²) in [6, 6.07) is 6.69. The van der Waals surface area contributed by atoms with Gasteiger partial charge in [0.1, 0.15) is 0 Å². The first-order valence-corrected chi connectivity index (χ1v) is 10.6. The Morgan fingerprint density at radius 2 is 1.96 bits per heavy atom. The van der Waals surface area contributed by atoms with E-state index >= 15 is 0 Å². The highest BCUT2D eigenvalue weighted by Crippen LogP contribution is 2.33. The summed E-state index contributed by atoms with van der Waals surface area (Å²) in [4.78, 5) is 17.2. The molecule has 0 aliphatic carbocycles. The zero-order chi connectivity index (χ0) is 19.8. The van der Waals surface area contributed by atoms with Gasteiger partial charge in [0, 0.05) is 30.2 Å². The van der Waals surface area contributed by atoms with Crippen LogP contribution in [-0.4, -0.2) is 41.6 Å². The first-order valence-electron chi connectivity index (χ1n) is 10.6. The molecule has 0 unspecified atom stereocenters. The van der Waals surface area contributed by atoms with E-state index in [1.807, 2.05) is 37.8 Å². The molecule has 3 rings (SSSR count). The maximum Gasteiger partial charge on any atom is 0.232 e. The lowest BCUT2D eigenvalue weighted by Crippen LogP contribution is -2.44. The predicted molar refractivity (Wildman–Crippen MR) is 111 cm³/mol. The van der Waals surface area contributed by atoms with Gasteiger partial charge in [-0.2, -0.15) is 0 Å². The van der Waals surface area contributed by atoms with Gasteiger partial charge in [0.15, 0.2) is 0 Å². The van der Waals surface area contributed by atoms with Crippen molar-refractivity contribution in [1.29, 1.82) is 0 Å². The number of likely N-dealkylation sites (tertiary alicyclic amines) is 1. The van der Waals surface area contributed by atoms with Crippen LogP contribution in [0, 0.1) is 11.3 Å². The van der Waals surface area contributed by atoms with Crippen molar-refractivity contribution in [3.63, 3.8) is 0 Å². The van der Waals surface area contributed by atoms with E-state index in [0.717, 1.165) is 37.2 Å². The second-order valence-corrected chi connectivity index (χ2v) is 9.57. The molecule has 1 N–H and O–H groups in total. The number of aliphatic hydroxyl groups is 1. The normalized spacial score (nSPS) is 25.2. The van der Waals surface area contributed by atoms with Crippen molar-refractivity contribution in [3.05, 3.63) is 29.3 Å². The molecule has 1 fully saturated rings. The molecular weight excluding hydrogens is 336 g/mol. The summed E-state index contributed by atoms with van der Waals surface area (Å²) in [5, 5.41) is 10.9. The van der Waals surface area contributed by atoms with E-state index in [0.29, 0.717) is 18.5 Å². The summed E-state index contributed by atoms with van der Waals surface area (Å²) in [5.74, 6) is 0.860. The van der Waals surface area contributed by atoms with Crippen molar-refractivity contribution in [3.8, 4) is 0 Å². The van der Waals surface area contributed by atoms with Gasteiger partial charge in [-0.25, -0.2) is 0 Å². The zero-order valence-electron chi connectivity index (χ0n) is 17.7. The molecule has 27 heavy (non-hydrogen) atoms. The topological polar surface area (TPSA) is 43.8 Å². The van der Waals surface area contributed by atoms with E-state index in [-0.39, 0.29) is 11.3 Å². The van der Waals surface area contributed by atoms with Gasteiger partial charge in [0.05, 0.1) is 6.10 Å². The van der Waals surface area contributed by atoms with E-state index < -0.39 is 6.10 Å². The SMILES string of the molecule is C[C@@H]1CCCN(C[C@@H](O)c2ccc3c(c2)CCCN3C(=O)C(C)(C)C)[C@@H]1C. The Labute approximate surface area is 164 Å². The average Bonchev–Trinajstić information content (AvgIpc) is 2.63. The van der Waals surface area contributed by atoms with Crippen molar-refractivity contribution in [2.45, 2.75) is 72.4 Å². The van der Waals surface area contributed by atoms with Crippen molar-refractivity contribution < 1.29 is 9.90 Å². The molecule has 0 saturated carbocycles. The van der Waals surface area contributed by atoms with E-state index in [4.69, 9.17) is 0 Å². The summed E-state index contributed by atoms with van der Waals surface area (Å²) < 4.78 is 0. The molecule has 4 heteroatoms. The maximum absolute atomic E-state index is 12.8. The molecule has 1 aromatic carbocycles. The Morgan fingerprint density at radius 3 is 2.67 bits per heavy atom. The fraction of sp³-hybridized carbons (Fsp3) is 0.696.